The number of carbonyl (C=O) groups excluding carboxylic acids is 1. The molecular formula is C14H28N2O2. The SMILES string of the molecule is CCN(CCCO)C(=O)C1(CN)CCCCCC1. The van der Waals surface area contributed by atoms with Crippen LogP contribution in [0.4, 0.5) is 0 Å². The molecule has 0 spiro atoms. The first kappa shape index (κ1) is 15.4. The first-order valence-corrected chi connectivity index (χ1v) is 7.30. The van der Waals surface area contributed by atoms with Crippen LogP contribution in [0.2, 0.25) is 0 Å². The zero-order valence-corrected chi connectivity index (χ0v) is 11.7. The van der Waals surface area contributed by atoms with Gasteiger partial charge in [-0.2, -0.15) is 0 Å². The lowest BCUT2D eigenvalue weighted by Crippen LogP contribution is -2.48. The molecule has 3 N–H and O–H groups in total. The van der Waals surface area contributed by atoms with Gasteiger partial charge in [0.2, 0.25) is 5.91 Å². The van der Waals surface area contributed by atoms with E-state index in [9.17, 15) is 4.79 Å². The summed E-state index contributed by atoms with van der Waals surface area (Å²) in [5.41, 5.74) is 5.60. The Morgan fingerprint density at radius 2 is 1.89 bits per heavy atom. The lowest BCUT2D eigenvalue weighted by Gasteiger charge is -2.35. The van der Waals surface area contributed by atoms with Crippen molar-refractivity contribution in [1.29, 1.82) is 0 Å². The standard InChI is InChI=1S/C14H28N2O2/c1-2-16(10-7-11-17)13(18)14(12-15)8-5-3-4-6-9-14/h17H,2-12,15H2,1H3. The zero-order valence-electron chi connectivity index (χ0n) is 11.7. The minimum absolute atomic E-state index is 0.138. The fraction of sp³-hybridized carbons (Fsp3) is 0.929. The number of aliphatic hydroxyl groups is 1. The predicted molar refractivity (Wildman–Crippen MR) is 73.1 cm³/mol. The van der Waals surface area contributed by atoms with Crippen molar-refractivity contribution in [3.05, 3.63) is 0 Å². The molecule has 4 nitrogen and oxygen atoms in total. The summed E-state index contributed by atoms with van der Waals surface area (Å²) in [7, 11) is 0. The monoisotopic (exact) mass is 256 g/mol. The third-order valence-electron chi connectivity index (χ3n) is 4.16. The fourth-order valence-electron chi connectivity index (χ4n) is 2.91. The number of hydrogen-bond donors (Lipinski definition) is 2. The summed E-state index contributed by atoms with van der Waals surface area (Å²) in [4.78, 5) is 14.6. The van der Waals surface area contributed by atoms with Gasteiger partial charge in [0, 0.05) is 26.2 Å². The van der Waals surface area contributed by atoms with Crippen LogP contribution in [0.25, 0.3) is 0 Å². The Bertz CT molecular complexity index is 248. The Kier molecular flexibility index (Phi) is 6.65. The quantitative estimate of drug-likeness (QED) is 0.708. The number of nitrogens with two attached hydrogens (primary N) is 1. The molecule has 1 fully saturated rings. The van der Waals surface area contributed by atoms with E-state index < -0.39 is 0 Å². The molecule has 0 atom stereocenters. The van der Waals surface area contributed by atoms with E-state index in [-0.39, 0.29) is 17.9 Å². The van der Waals surface area contributed by atoms with Gasteiger partial charge >= 0.3 is 0 Å². The Hall–Kier alpha value is -0.610. The van der Waals surface area contributed by atoms with Gasteiger partial charge in [-0.25, -0.2) is 0 Å². The summed E-state index contributed by atoms with van der Waals surface area (Å²) in [6, 6.07) is 0. The number of aliphatic hydroxyl groups excluding tert-OH is 1. The summed E-state index contributed by atoms with van der Waals surface area (Å²) < 4.78 is 0. The maximum absolute atomic E-state index is 12.7. The van der Waals surface area contributed by atoms with E-state index in [0.29, 0.717) is 26.1 Å². The van der Waals surface area contributed by atoms with Gasteiger partial charge in [-0.05, 0) is 26.2 Å². The van der Waals surface area contributed by atoms with Crippen LogP contribution >= 0.6 is 0 Å². The van der Waals surface area contributed by atoms with Crippen molar-refractivity contribution in [2.45, 2.75) is 51.9 Å². The van der Waals surface area contributed by atoms with E-state index in [1.165, 1.54) is 12.8 Å². The van der Waals surface area contributed by atoms with Crippen LogP contribution < -0.4 is 5.73 Å². The molecule has 1 amide bonds. The molecule has 0 bridgehead atoms. The Labute approximate surface area is 111 Å². The summed E-state index contributed by atoms with van der Waals surface area (Å²) in [5.74, 6) is 0.211. The number of carbonyl (C=O) groups is 1. The van der Waals surface area contributed by atoms with Crippen LogP contribution in [0.1, 0.15) is 51.9 Å². The smallest absolute Gasteiger partial charge is 0.230 e. The van der Waals surface area contributed by atoms with E-state index in [1.807, 2.05) is 11.8 Å². The van der Waals surface area contributed by atoms with Gasteiger partial charge in [0.15, 0.2) is 0 Å². The molecule has 0 aromatic carbocycles. The molecule has 4 heteroatoms. The van der Waals surface area contributed by atoms with Gasteiger partial charge in [-0.1, -0.05) is 25.7 Å². The number of nitrogens with zero attached hydrogens (tertiary/aromatic N) is 1. The molecule has 106 valence electrons. The highest BCUT2D eigenvalue weighted by Crippen LogP contribution is 2.36. The Morgan fingerprint density at radius 3 is 2.33 bits per heavy atom. The van der Waals surface area contributed by atoms with Crippen molar-refractivity contribution >= 4 is 5.91 Å². The molecule has 0 aromatic heterocycles. The minimum atomic E-state index is -0.331. The van der Waals surface area contributed by atoms with E-state index in [1.54, 1.807) is 0 Å². The second kappa shape index (κ2) is 7.74. The highest BCUT2D eigenvalue weighted by molar-refractivity contribution is 5.83. The maximum atomic E-state index is 12.7. The number of hydrogen-bond acceptors (Lipinski definition) is 3. The molecular weight excluding hydrogens is 228 g/mol. The van der Waals surface area contributed by atoms with Crippen molar-refractivity contribution in [3.63, 3.8) is 0 Å². The Morgan fingerprint density at radius 1 is 1.28 bits per heavy atom. The summed E-state index contributed by atoms with van der Waals surface area (Å²) in [6.07, 6.45) is 7.17. The zero-order chi connectivity index (χ0) is 13.4. The minimum Gasteiger partial charge on any atom is -0.396 e. The maximum Gasteiger partial charge on any atom is 0.230 e. The largest absolute Gasteiger partial charge is 0.396 e. The molecule has 18 heavy (non-hydrogen) atoms. The van der Waals surface area contributed by atoms with Gasteiger partial charge in [0.25, 0.3) is 0 Å². The second-order valence-corrected chi connectivity index (χ2v) is 5.36. The van der Waals surface area contributed by atoms with E-state index in [4.69, 9.17) is 10.8 Å². The average Bonchev–Trinajstić information content (AvgIpc) is 2.65. The molecule has 1 rings (SSSR count). The van der Waals surface area contributed by atoms with Crippen molar-refractivity contribution in [1.82, 2.24) is 4.90 Å². The second-order valence-electron chi connectivity index (χ2n) is 5.36. The van der Waals surface area contributed by atoms with Crippen LogP contribution in [-0.2, 0) is 4.79 Å². The average molecular weight is 256 g/mol. The molecule has 1 aliphatic rings. The van der Waals surface area contributed by atoms with Gasteiger partial charge in [-0.3, -0.25) is 4.79 Å². The third-order valence-corrected chi connectivity index (χ3v) is 4.16. The van der Waals surface area contributed by atoms with Gasteiger partial charge in [0.1, 0.15) is 0 Å². The highest BCUT2D eigenvalue weighted by Gasteiger charge is 2.39. The van der Waals surface area contributed by atoms with Crippen LogP contribution in [0, 0.1) is 5.41 Å². The van der Waals surface area contributed by atoms with Gasteiger partial charge < -0.3 is 15.7 Å². The highest BCUT2D eigenvalue weighted by atomic mass is 16.3. The summed E-state index contributed by atoms with van der Waals surface area (Å²) >= 11 is 0. The van der Waals surface area contributed by atoms with Gasteiger partial charge in [-0.15, -0.1) is 0 Å². The third kappa shape index (κ3) is 3.69. The molecule has 1 saturated carbocycles. The predicted octanol–water partition coefficient (Wildman–Crippen LogP) is 1.52. The first-order chi connectivity index (χ1) is 8.70. The lowest BCUT2D eigenvalue weighted by atomic mass is 9.79. The normalized spacial score (nSPS) is 19.3. The number of amides is 1. The summed E-state index contributed by atoms with van der Waals surface area (Å²) in [6.45, 7) is 3.95. The lowest BCUT2D eigenvalue weighted by molar-refractivity contribution is -0.142. The summed E-state index contributed by atoms with van der Waals surface area (Å²) in [5, 5.41) is 8.91. The number of rotatable bonds is 6. The van der Waals surface area contributed by atoms with Crippen molar-refractivity contribution in [2.24, 2.45) is 11.1 Å². The van der Waals surface area contributed by atoms with E-state index in [0.717, 1.165) is 25.7 Å². The molecule has 0 aromatic rings. The Balaban J connectivity index is 2.74. The van der Waals surface area contributed by atoms with Crippen LogP contribution in [-0.4, -0.2) is 42.2 Å². The van der Waals surface area contributed by atoms with Crippen LogP contribution in [0.5, 0.6) is 0 Å². The van der Waals surface area contributed by atoms with Crippen molar-refractivity contribution in [3.8, 4) is 0 Å². The van der Waals surface area contributed by atoms with E-state index in [2.05, 4.69) is 0 Å². The molecule has 1 aliphatic carbocycles. The van der Waals surface area contributed by atoms with Gasteiger partial charge in [0.05, 0.1) is 5.41 Å². The van der Waals surface area contributed by atoms with E-state index >= 15 is 0 Å². The van der Waals surface area contributed by atoms with Crippen molar-refractivity contribution in [2.75, 3.05) is 26.2 Å². The van der Waals surface area contributed by atoms with Crippen LogP contribution in [0.3, 0.4) is 0 Å². The molecule has 0 aliphatic heterocycles. The first-order valence-electron chi connectivity index (χ1n) is 7.30. The fourth-order valence-corrected chi connectivity index (χ4v) is 2.91. The molecule has 0 saturated heterocycles. The molecule has 0 radical (unpaired) electrons. The van der Waals surface area contributed by atoms with Crippen LogP contribution in [0.15, 0.2) is 0 Å². The molecule has 0 heterocycles. The molecule has 0 unspecified atom stereocenters. The van der Waals surface area contributed by atoms with Crippen molar-refractivity contribution < 1.29 is 9.90 Å². The topological polar surface area (TPSA) is 66.6 Å².